The van der Waals surface area contributed by atoms with Crippen LogP contribution in [-0.4, -0.2) is 16.6 Å². The number of benzene rings is 1. The van der Waals surface area contributed by atoms with E-state index < -0.39 is 17.6 Å². The van der Waals surface area contributed by atoms with Crippen molar-refractivity contribution in [3.8, 4) is 6.07 Å². The summed E-state index contributed by atoms with van der Waals surface area (Å²) in [7, 11) is 0. The maximum Gasteiger partial charge on any atom is 0.418 e. The predicted octanol–water partition coefficient (Wildman–Crippen LogP) is 4.97. The largest absolute Gasteiger partial charge is 0.418 e. The Labute approximate surface area is 157 Å². The number of aromatic nitrogens is 1. The number of anilines is 1. The zero-order valence-electron chi connectivity index (χ0n) is 13.7. The third-order valence-electron chi connectivity index (χ3n) is 3.32. The average molecular weight is 400 g/mol. The summed E-state index contributed by atoms with van der Waals surface area (Å²) in [4.78, 5) is 16.3. The molecular weight excluding hydrogens is 387 g/mol. The third-order valence-corrected chi connectivity index (χ3v) is 4.53. The number of aryl methyl sites for hydroxylation is 2. The van der Waals surface area contributed by atoms with Crippen LogP contribution in [0.25, 0.3) is 0 Å². The summed E-state index contributed by atoms with van der Waals surface area (Å²) < 4.78 is 39.2. The molecule has 1 heterocycles. The molecule has 0 fully saturated rings. The number of nitrogens with one attached hydrogen (secondary N) is 1. The van der Waals surface area contributed by atoms with Gasteiger partial charge in [-0.25, -0.2) is 4.98 Å². The zero-order valence-corrected chi connectivity index (χ0v) is 15.3. The highest BCUT2D eigenvalue weighted by atomic mass is 35.5. The Bertz CT molecular complexity index is 894. The lowest BCUT2D eigenvalue weighted by Crippen LogP contribution is -2.18. The smallest absolute Gasteiger partial charge is 0.325 e. The van der Waals surface area contributed by atoms with E-state index in [1.54, 1.807) is 19.9 Å². The number of thioether (sulfide) groups is 1. The first-order chi connectivity index (χ1) is 12.1. The van der Waals surface area contributed by atoms with Crippen LogP contribution < -0.4 is 5.32 Å². The second-order valence-electron chi connectivity index (χ2n) is 5.40. The van der Waals surface area contributed by atoms with Crippen molar-refractivity contribution in [2.24, 2.45) is 0 Å². The Morgan fingerprint density at radius 3 is 2.65 bits per heavy atom. The van der Waals surface area contributed by atoms with Crippen LogP contribution in [0.5, 0.6) is 0 Å². The van der Waals surface area contributed by atoms with Crippen LogP contribution in [0.15, 0.2) is 29.3 Å². The Balaban J connectivity index is 2.16. The molecule has 136 valence electrons. The molecule has 0 aliphatic carbocycles. The van der Waals surface area contributed by atoms with Crippen molar-refractivity contribution in [1.82, 2.24) is 4.98 Å². The van der Waals surface area contributed by atoms with Gasteiger partial charge in [0, 0.05) is 10.7 Å². The highest BCUT2D eigenvalue weighted by Gasteiger charge is 2.34. The fourth-order valence-electron chi connectivity index (χ4n) is 2.22. The fraction of sp³-hybridized carbons (Fsp3) is 0.235. The standard InChI is InChI=1S/C17H13ClF3N3OS/c1-9-5-10(2)23-16(12(9)7-22)26-8-15(25)24-14-4-3-11(18)6-13(14)17(19,20)21/h3-6H,8H2,1-2H3,(H,24,25). The van der Waals surface area contributed by atoms with Gasteiger partial charge in [-0.3, -0.25) is 4.79 Å². The van der Waals surface area contributed by atoms with E-state index in [0.717, 1.165) is 29.5 Å². The van der Waals surface area contributed by atoms with Crippen molar-refractivity contribution in [3.63, 3.8) is 0 Å². The number of amides is 1. The number of carbonyl (C=O) groups excluding carboxylic acids is 1. The van der Waals surface area contributed by atoms with Gasteiger partial charge in [-0.05, 0) is 43.7 Å². The number of rotatable bonds is 4. The molecule has 2 rings (SSSR count). The molecule has 1 aromatic heterocycles. The Morgan fingerprint density at radius 1 is 1.35 bits per heavy atom. The molecule has 0 unspecified atom stereocenters. The van der Waals surface area contributed by atoms with E-state index in [2.05, 4.69) is 10.3 Å². The van der Waals surface area contributed by atoms with E-state index in [1.807, 2.05) is 6.07 Å². The van der Waals surface area contributed by atoms with E-state index in [4.69, 9.17) is 11.6 Å². The molecule has 26 heavy (non-hydrogen) atoms. The first-order valence-corrected chi connectivity index (χ1v) is 8.66. The highest BCUT2D eigenvalue weighted by molar-refractivity contribution is 8.00. The lowest BCUT2D eigenvalue weighted by atomic mass is 10.1. The van der Waals surface area contributed by atoms with Crippen LogP contribution in [0.1, 0.15) is 22.4 Å². The van der Waals surface area contributed by atoms with E-state index in [1.165, 1.54) is 6.07 Å². The van der Waals surface area contributed by atoms with Crippen molar-refractivity contribution >= 4 is 35.0 Å². The van der Waals surface area contributed by atoms with Crippen LogP contribution in [0.3, 0.4) is 0 Å². The summed E-state index contributed by atoms with van der Waals surface area (Å²) in [6, 6.07) is 6.88. The van der Waals surface area contributed by atoms with Gasteiger partial charge in [0.05, 0.1) is 22.6 Å². The van der Waals surface area contributed by atoms with Crippen LogP contribution >= 0.6 is 23.4 Å². The number of nitriles is 1. The molecule has 2 aromatic rings. The quantitative estimate of drug-likeness (QED) is 0.737. The van der Waals surface area contributed by atoms with Gasteiger partial charge < -0.3 is 5.32 Å². The second-order valence-corrected chi connectivity index (χ2v) is 6.80. The minimum absolute atomic E-state index is 0.0807. The van der Waals surface area contributed by atoms with Gasteiger partial charge in [0.1, 0.15) is 11.1 Å². The number of nitrogens with zero attached hydrogens (tertiary/aromatic N) is 2. The van der Waals surface area contributed by atoms with Crippen molar-refractivity contribution in [3.05, 3.63) is 51.7 Å². The van der Waals surface area contributed by atoms with Crippen LogP contribution in [0.2, 0.25) is 5.02 Å². The van der Waals surface area contributed by atoms with Crippen molar-refractivity contribution in [1.29, 1.82) is 5.26 Å². The third kappa shape index (κ3) is 4.90. The number of hydrogen-bond acceptors (Lipinski definition) is 4. The topological polar surface area (TPSA) is 65.8 Å². The SMILES string of the molecule is Cc1cc(C)c(C#N)c(SCC(=O)Nc2ccc(Cl)cc2C(F)(F)F)n1. The molecule has 0 aliphatic rings. The molecular formula is C17H13ClF3N3OS. The van der Waals surface area contributed by atoms with Gasteiger partial charge in [-0.1, -0.05) is 23.4 Å². The summed E-state index contributed by atoms with van der Waals surface area (Å²) >= 11 is 6.60. The van der Waals surface area contributed by atoms with Gasteiger partial charge in [0.25, 0.3) is 0 Å². The molecule has 1 N–H and O–H groups in total. The van der Waals surface area contributed by atoms with Crippen molar-refractivity contribution in [2.45, 2.75) is 25.0 Å². The Hall–Kier alpha value is -2.24. The Kier molecular flexibility index (Phi) is 6.16. The molecule has 0 saturated carbocycles. The van der Waals surface area contributed by atoms with Gasteiger partial charge in [-0.2, -0.15) is 18.4 Å². The van der Waals surface area contributed by atoms with E-state index in [0.29, 0.717) is 16.3 Å². The second kappa shape index (κ2) is 7.98. The predicted molar refractivity (Wildman–Crippen MR) is 94.2 cm³/mol. The summed E-state index contributed by atoms with van der Waals surface area (Å²) in [5, 5.41) is 11.7. The van der Waals surface area contributed by atoms with Gasteiger partial charge >= 0.3 is 6.18 Å². The minimum Gasteiger partial charge on any atom is -0.325 e. The van der Waals surface area contributed by atoms with Crippen LogP contribution in [-0.2, 0) is 11.0 Å². The number of halogens is 4. The molecule has 1 amide bonds. The summed E-state index contributed by atoms with van der Waals surface area (Å²) in [5.41, 5.74) is 0.351. The first-order valence-electron chi connectivity index (χ1n) is 7.29. The number of pyridine rings is 1. The van der Waals surface area contributed by atoms with Crippen LogP contribution in [0, 0.1) is 25.2 Å². The van der Waals surface area contributed by atoms with Crippen molar-refractivity contribution < 1.29 is 18.0 Å². The fourth-order valence-corrected chi connectivity index (χ4v) is 3.29. The molecule has 0 radical (unpaired) electrons. The molecule has 4 nitrogen and oxygen atoms in total. The van der Waals surface area contributed by atoms with Gasteiger partial charge in [0.2, 0.25) is 5.91 Å². The van der Waals surface area contributed by atoms with Gasteiger partial charge in [0.15, 0.2) is 0 Å². The maximum atomic E-state index is 13.1. The van der Waals surface area contributed by atoms with E-state index >= 15 is 0 Å². The molecule has 1 aromatic carbocycles. The number of hydrogen-bond donors (Lipinski definition) is 1. The summed E-state index contributed by atoms with van der Waals surface area (Å²) in [6.07, 6.45) is -4.65. The number of alkyl halides is 3. The number of carbonyl (C=O) groups is 1. The molecule has 9 heteroatoms. The normalized spacial score (nSPS) is 11.1. The highest BCUT2D eigenvalue weighted by Crippen LogP contribution is 2.36. The monoisotopic (exact) mass is 399 g/mol. The molecule has 0 atom stereocenters. The molecule has 0 saturated heterocycles. The van der Waals surface area contributed by atoms with Gasteiger partial charge in [-0.15, -0.1) is 0 Å². The average Bonchev–Trinajstić information content (AvgIpc) is 2.53. The van der Waals surface area contributed by atoms with Crippen molar-refractivity contribution in [2.75, 3.05) is 11.1 Å². The maximum absolute atomic E-state index is 13.1. The summed E-state index contributed by atoms with van der Waals surface area (Å²) in [5.74, 6) is -0.836. The first kappa shape index (κ1) is 20.1. The lowest BCUT2D eigenvalue weighted by Gasteiger charge is -2.14. The molecule has 0 bridgehead atoms. The van der Waals surface area contributed by atoms with Crippen LogP contribution in [0.4, 0.5) is 18.9 Å². The molecule has 0 spiro atoms. The Morgan fingerprint density at radius 2 is 2.04 bits per heavy atom. The minimum atomic E-state index is -4.65. The van der Waals surface area contributed by atoms with E-state index in [-0.39, 0.29) is 16.5 Å². The van der Waals surface area contributed by atoms with E-state index in [9.17, 15) is 23.2 Å². The summed E-state index contributed by atoms with van der Waals surface area (Å²) in [6.45, 7) is 3.50. The lowest BCUT2D eigenvalue weighted by molar-refractivity contribution is -0.137. The molecule has 0 aliphatic heterocycles. The zero-order chi connectivity index (χ0) is 19.5.